The number of anilines is 1. The van der Waals surface area contributed by atoms with Crippen LogP contribution in [-0.4, -0.2) is 5.97 Å². The van der Waals surface area contributed by atoms with Gasteiger partial charge in [-0.1, -0.05) is 36.9 Å². The van der Waals surface area contributed by atoms with Crippen molar-refractivity contribution in [2.24, 2.45) is 0 Å². The average molecular weight is 227 g/mol. The summed E-state index contributed by atoms with van der Waals surface area (Å²) >= 11 is 0. The van der Waals surface area contributed by atoms with Gasteiger partial charge in [-0.3, -0.25) is 0 Å². The second-order valence-electron chi connectivity index (χ2n) is 3.87. The molecule has 0 aliphatic rings. The highest BCUT2D eigenvalue weighted by molar-refractivity contribution is 5.97. The van der Waals surface area contributed by atoms with Gasteiger partial charge in [0.25, 0.3) is 0 Å². The number of carbonyl (C=O) groups is 1. The molecule has 0 saturated heterocycles. The molecule has 0 saturated carbocycles. The molecule has 0 aromatic heterocycles. The molecule has 0 aliphatic carbocycles. The Morgan fingerprint density at radius 2 is 1.94 bits per heavy atom. The molecule has 0 bridgehead atoms. The number of benzene rings is 2. The Morgan fingerprint density at radius 3 is 2.65 bits per heavy atom. The van der Waals surface area contributed by atoms with E-state index in [4.69, 9.17) is 10.5 Å². The first-order valence-electron chi connectivity index (χ1n) is 5.24. The number of hydrogen-bond acceptors (Lipinski definition) is 3. The average Bonchev–Trinajstić information content (AvgIpc) is 2.32. The molecule has 0 unspecified atom stereocenters. The van der Waals surface area contributed by atoms with Crippen molar-refractivity contribution < 1.29 is 9.53 Å². The molecule has 0 fully saturated rings. The molecule has 0 heterocycles. The van der Waals surface area contributed by atoms with Gasteiger partial charge in [0.2, 0.25) is 0 Å². The van der Waals surface area contributed by atoms with Crippen LogP contribution in [0, 0.1) is 0 Å². The van der Waals surface area contributed by atoms with E-state index in [1.807, 2.05) is 30.3 Å². The van der Waals surface area contributed by atoms with Crippen LogP contribution in [-0.2, 0) is 4.79 Å². The van der Waals surface area contributed by atoms with Crippen LogP contribution in [0.3, 0.4) is 0 Å². The topological polar surface area (TPSA) is 52.3 Å². The quantitative estimate of drug-likeness (QED) is 0.371. The van der Waals surface area contributed by atoms with Crippen molar-refractivity contribution in [1.29, 1.82) is 0 Å². The lowest BCUT2D eigenvalue weighted by Crippen LogP contribution is -2.10. The molecule has 3 heteroatoms. The molecule has 17 heavy (non-hydrogen) atoms. The largest absolute Gasteiger partial charge is 0.420 e. The van der Waals surface area contributed by atoms with Crippen molar-refractivity contribution in [1.82, 2.24) is 0 Å². The fourth-order valence-electron chi connectivity index (χ4n) is 1.55. The molecule has 3 nitrogen and oxygen atoms in total. The minimum absolute atomic E-state index is 0.345. The summed E-state index contributed by atoms with van der Waals surface area (Å²) in [6.45, 7) is 5.15. The van der Waals surface area contributed by atoms with E-state index in [2.05, 4.69) is 6.58 Å². The van der Waals surface area contributed by atoms with E-state index in [0.717, 1.165) is 10.8 Å². The van der Waals surface area contributed by atoms with Crippen molar-refractivity contribution >= 4 is 22.4 Å². The molecule has 2 rings (SSSR count). The highest BCUT2D eigenvalue weighted by Gasteiger charge is 2.11. The number of esters is 1. The van der Waals surface area contributed by atoms with Gasteiger partial charge in [0.05, 0.1) is 5.69 Å². The smallest absolute Gasteiger partial charge is 0.338 e. The Hall–Kier alpha value is -2.29. The van der Waals surface area contributed by atoms with E-state index in [0.29, 0.717) is 17.0 Å². The summed E-state index contributed by atoms with van der Waals surface area (Å²) in [6, 6.07) is 11.2. The van der Waals surface area contributed by atoms with E-state index in [1.165, 1.54) is 0 Å². The third-order valence-corrected chi connectivity index (χ3v) is 2.45. The Kier molecular flexibility index (Phi) is 2.83. The lowest BCUT2D eigenvalue weighted by Gasteiger charge is -2.10. The van der Waals surface area contributed by atoms with E-state index in [-0.39, 0.29) is 0 Å². The summed E-state index contributed by atoms with van der Waals surface area (Å²) in [4.78, 5) is 11.5. The maximum Gasteiger partial charge on any atom is 0.338 e. The molecule has 0 spiro atoms. The predicted octanol–water partition coefficient (Wildman–Crippen LogP) is 2.90. The van der Waals surface area contributed by atoms with Gasteiger partial charge in [-0.15, -0.1) is 0 Å². The van der Waals surface area contributed by atoms with E-state index in [1.54, 1.807) is 13.0 Å². The van der Waals surface area contributed by atoms with Crippen molar-refractivity contribution in [2.75, 3.05) is 5.73 Å². The number of rotatable bonds is 2. The minimum Gasteiger partial charge on any atom is -0.420 e. The van der Waals surface area contributed by atoms with Crippen LogP contribution in [0.1, 0.15) is 6.92 Å². The summed E-state index contributed by atoms with van der Waals surface area (Å²) in [5.41, 5.74) is 6.62. The monoisotopic (exact) mass is 227 g/mol. The zero-order valence-corrected chi connectivity index (χ0v) is 9.57. The Balaban J connectivity index is 2.55. The molecule has 0 atom stereocenters. The Labute approximate surface area is 99.5 Å². The van der Waals surface area contributed by atoms with Crippen LogP contribution >= 0.6 is 0 Å². The Morgan fingerprint density at radius 1 is 1.24 bits per heavy atom. The number of nitrogens with two attached hydrogens (primary N) is 1. The lowest BCUT2D eigenvalue weighted by molar-refractivity contribution is -0.129. The first kappa shape index (κ1) is 11.2. The van der Waals surface area contributed by atoms with Gasteiger partial charge in [0.1, 0.15) is 0 Å². The van der Waals surface area contributed by atoms with E-state index in [9.17, 15) is 4.79 Å². The maximum atomic E-state index is 11.5. The van der Waals surface area contributed by atoms with Gasteiger partial charge in [-0.2, -0.15) is 0 Å². The van der Waals surface area contributed by atoms with Crippen molar-refractivity contribution in [2.45, 2.75) is 6.92 Å². The second-order valence-corrected chi connectivity index (χ2v) is 3.87. The van der Waals surface area contributed by atoms with Crippen LogP contribution in [0.2, 0.25) is 0 Å². The molecular weight excluding hydrogens is 214 g/mol. The first-order chi connectivity index (χ1) is 8.09. The molecule has 0 aliphatic heterocycles. The summed E-state index contributed by atoms with van der Waals surface area (Å²) in [5.74, 6) is -0.0656. The van der Waals surface area contributed by atoms with Crippen molar-refractivity contribution in [3.8, 4) is 5.75 Å². The van der Waals surface area contributed by atoms with Gasteiger partial charge >= 0.3 is 5.97 Å². The molecule has 2 aromatic rings. The van der Waals surface area contributed by atoms with Crippen LogP contribution in [0.5, 0.6) is 5.75 Å². The SMILES string of the molecule is C=C(C)C(=O)Oc1c(N)ccc2ccccc12. The second kappa shape index (κ2) is 4.29. The molecule has 86 valence electrons. The summed E-state index contributed by atoms with van der Waals surface area (Å²) in [6.07, 6.45) is 0. The predicted molar refractivity (Wildman–Crippen MR) is 68.8 cm³/mol. The normalized spacial score (nSPS) is 10.2. The number of carbonyl (C=O) groups excluding carboxylic acids is 1. The first-order valence-corrected chi connectivity index (χ1v) is 5.24. The van der Waals surface area contributed by atoms with Crippen molar-refractivity contribution in [3.05, 3.63) is 48.6 Å². The standard InChI is InChI=1S/C14H13NO2/c1-9(2)14(16)17-13-11-6-4-3-5-10(11)7-8-12(13)15/h3-8H,1,15H2,2H3. The van der Waals surface area contributed by atoms with Gasteiger partial charge in [-0.05, 0) is 18.4 Å². The Bertz CT molecular complexity index is 602. The minimum atomic E-state index is -0.465. The van der Waals surface area contributed by atoms with Gasteiger partial charge in [0.15, 0.2) is 5.75 Å². The highest BCUT2D eigenvalue weighted by atomic mass is 16.5. The van der Waals surface area contributed by atoms with E-state index >= 15 is 0 Å². The fraction of sp³-hybridized carbons (Fsp3) is 0.0714. The number of fused-ring (bicyclic) bond motifs is 1. The third-order valence-electron chi connectivity index (χ3n) is 2.45. The highest BCUT2D eigenvalue weighted by Crippen LogP contribution is 2.32. The summed E-state index contributed by atoms with van der Waals surface area (Å²) < 4.78 is 5.26. The molecule has 2 aromatic carbocycles. The molecular formula is C14H13NO2. The van der Waals surface area contributed by atoms with E-state index < -0.39 is 5.97 Å². The van der Waals surface area contributed by atoms with Gasteiger partial charge in [-0.25, -0.2) is 4.79 Å². The summed E-state index contributed by atoms with van der Waals surface area (Å²) in [5, 5.41) is 1.80. The van der Waals surface area contributed by atoms with Crippen LogP contribution in [0.25, 0.3) is 10.8 Å². The fourth-order valence-corrected chi connectivity index (χ4v) is 1.55. The summed E-state index contributed by atoms with van der Waals surface area (Å²) in [7, 11) is 0. The number of hydrogen-bond donors (Lipinski definition) is 1. The molecule has 2 N–H and O–H groups in total. The zero-order valence-electron chi connectivity index (χ0n) is 9.57. The lowest BCUT2D eigenvalue weighted by atomic mass is 10.1. The zero-order chi connectivity index (χ0) is 12.4. The third kappa shape index (κ3) is 2.13. The van der Waals surface area contributed by atoms with Crippen LogP contribution < -0.4 is 10.5 Å². The van der Waals surface area contributed by atoms with Crippen LogP contribution in [0.4, 0.5) is 5.69 Å². The maximum absolute atomic E-state index is 11.5. The number of ether oxygens (including phenoxy) is 1. The molecule has 0 amide bonds. The molecule has 0 radical (unpaired) electrons. The van der Waals surface area contributed by atoms with Gasteiger partial charge in [0, 0.05) is 11.0 Å². The van der Waals surface area contributed by atoms with Crippen molar-refractivity contribution in [3.63, 3.8) is 0 Å². The van der Waals surface area contributed by atoms with Crippen LogP contribution in [0.15, 0.2) is 48.6 Å². The van der Waals surface area contributed by atoms with Gasteiger partial charge < -0.3 is 10.5 Å². The number of nitrogen functional groups attached to an aromatic ring is 1.